The van der Waals surface area contributed by atoms with Crippen molar-refractivity contribution in [3.63, 3.8) is 0 Å². The average Bonchev–Trinajstić information content (AvgIpc) is 2.93. The van der Waals surface area contributed by atoms with Crippen molar-refractivity contribution in [3.8, 4) is 0 Å². The van der Waals surface area contributed by atoms with Crippen LogP contribution in [0.4, 0.5) is 0 Å². The first-order valence-corrected chi connectivity index (χ1v) is 11.6. The maximum Gasteiger partial charge on any atom is 0.612 e. The normalized spacial score (nSPS) is 25.5. The second kappa shape index (κ2) is 10.3. The lowest BCUT2D eigenvalue weighted by molar-refractivity contribution is -0.149. The Balaban J connectivity index is 2.13. The SMILES string of the molecule is [B]C([B])(O[P+](=O)N[C@@H](C)C(=O)OC(C)C)C1O[C@H](n2cc(C)c(=S)[nH]c2=S)C(C)[C@@H]1O. The predicted molar refractivity (Wildman–Crippen MR) is 121 cm³/mol. The number of hydrogen-bond donors (Lipinski definition) is 3. The summed E-state index contributed by atoms with van der Waals surface area (Å²) >= 11 is 10.5. The maximum absolute atomic E-state index is 12.4. The highest BCUT2D eigenvalue weighted by molar-refractivity contribution is 7.72. The Kier molecular flexibility index (Phi) is 8.77. The summed E-state index contributed by atoms with van der Waals surface area (Å²) in [5.74, 6) is -1.10. The summed E-state index contributed by atoms with van der Waals surface area (Å²) < 4.78 is 30.9. The van der Waals surface area contributed by atoms with Crippen molar-refractivity contribution in [2.24, 2.45) is 5.92 Å². The molecule has 3 unspecified atom stereocenters. The average molecular weight is 484 g/mol. The van der Waals surface area contributed by atoms with E-state index in [4.69, 9.17) is 54.1 Å². The Labute approximate surface area is 195 Å². The molecule has 2 rings (SSSR count). The minimum atomic E-state index is -2.69. The number of esters is 1. The number of rotatable bonds is 8. The van der Waals surface area contributed by atoms with Gasteiger partial charge in [0.1, 0.15) is 38.7 Å². The molecule has 0 bridgehead atoms. The predicted octanol–water partition coefficient (Wildman–Crippen LogP) is 2.07. The number of hydrogen-bond acceptors (Lipinski definition) is 8. The summed E-state index contributed by atoms with van der Waals surface area (Å²) in [5.41, 5.74) is 0.759. The van der Waals surface area contributed by atoms with E-state index in [-0.39, 0.29) is 6.10 Å². The Morgan fingerprint density at radius 3 is 2.61 bits per heavy atom. The van der Waals surface area contributed by atoms with Gasteiger partial charge in [0.2, 0.25) is 0 Å². The van der Waals surface area contributed by atoms with Crippen LogP contribution in [0.15, 0.2) is 6.20 Å². The van der Waals surface area contributed by atoms with E-state index in [0.717, 1.165) is 5.56 Å². The van der Waals surface area contributed by atoms with Crippen LogP contribution in [-0.2, 0) is 23.4 Å². The summed E-state index contributed by atoms with van der Waals surface area (Å²) in [7, 11) is 9.33. The lowest BCUT2D eigenvalue weighted by atomic mass is 9.60. The zero-order valence-electron chi connectivity index (χ0n) is 17.9. The van der Waals surface area contributed by atoms with Crippen LogP contribution in [0.25, 0.3) is 0 Å². The van der Waals surface area contributed by atoms with Crippen LogP contribution in [0.3, 0.4) is 0 Å². The Bertz CT molecular complexity index is 957. The van der Waals surface area contributed by atoms with Crippen LogP contribution in [0.1, 0.15) is 39.5 Å². The molecule has 6 atom stereocenters. The molecule has 0 saturated carbocycles. The van der Waals surface area contributed by atoms with E-state index in [0.29, 0.717) is 9.41 Å². The van der Waals surface area contributed by atoms with Crippen LogP contribution in [0.5, 0.6) is 0 Å². The molecule has 0 aliphatic carbocycles. The molecule has 2 heterocycles. The maximum atomic E-state index is 12.4. The number of aromatic nitrogens is 2. The largest absolute Gasteiger partial charge is 0.612 e. The monoisotopic (exact) mass is 484 g/mol. The zero-order chi connectivity index (χ0) is 23.7. The Morgan fingerprint density at radius 2 is 2.03 bits per heavy atom. The van der Waals surface area contributed by atoms with Crippen molar-refractivity contribution in [1.82, 2.24) is 14.6 Å². The molecule has 31 heavy (non-hydrogen) atoms. The number of carbonyl (C=O) groups excluding carboxylic acids is 1. The van der Waals surface area contributed by atoms with Gasteiger partial charge < -0.3 is 19.6 Å². The van der Waals surface area contributed by atoms with E-state index in [2.05, 4.69) is 10.1 Å². The summed E-state index contributed by atoms with van der Waals surface area (Å²) in [6.45, 7) is 8.37. The zero-order valence-corrected chi connectivity index (χ0v) is 20.4. The van der Waals surface area contributed by atoms with Gasteiger partial charge in [-0.15, -0.1) is 4.52 Å². The van der Waals surface area contributed by atoms with Crippen molar-refractivity contribution in [1.29, 1.82) is 0 Å². The van der Waals surface area contributed by atoms with Crippen LogP contribution in [0, 0.1) is 22.3 Å². The number of aromatic amines is 1. The first-order chi connectivity index (χ1) is 14.2. The van der Waals surface area contributed by atoms with Crippen LogP contribution < -0.4 is 5.09 Å². The lowest BCUT2D eigenvalue weighted by Crippen LogP contribution is -2.51. The van der Waals surface area contributed by atoms with Gasteiger partial charge in [-0.1, -0.05) is 24.2 Å². The highest BCUT2D eigenvalue weighted by atomic mass is 32.1. The van der Waals surface area contributed by atoms with Gasteiger partial charge in [0.25, 0.3) is 0 Å². The highest BCUT2D eigenvalue weighted by Crippen LogP contribution is 2.40. The molecule has 0 aromatic carbocycles. The number of ether oxygens (including phenoxy) is 2. The second-order valence-electron chi connectivity index (χ2n) is 7.81. The van der Waals surface area contributed by atoms with Crippen molar-refractivity contribution < 1.29 is 28.5 Å². The topological polar surface area (TPSA) is 115 Å². The molecule has 1 saturated heterocycles. The van der Waals surface area contributed by atoms with E-state index in [1.165, 1.54) is 6.92 Å². The first kappa shape index (κ1) is 26.3. The molecule has 166 valence electrons. The second-order valence-corrected chi connectivity index (χ2v) is 9.56. The standard InChI is InChI=1S/C17H24B2N3O6PS2/c1-7(2)26-15(24)10(5)21-29(25)28-17(18,19)12-11(23)9(4)14(27-12)22-6-8(3)13(30)20-16(22)31/h6-7,9-12,14,23H,1-5H3,(H-,20,21,25,30,31)/p+1/t9?,10-,11-,12?,14-/m0/s1. The summed E-state index contributed by atoms with van der Waals surface area (Å²) in [4.78, 5) is 14.8. The Hall–Kier alpha value is -0.940. The molecular weight excluding hydrogens is 459 g/mol. The molecule has 1 fully saturated rings. The Morgan fingerprint density at radius 1 is 1.42 bits per heavy atom. The van der Waals surface area contributed by atoms with E-state index in [1.807, 2.05) is 0 Å². The molecule has 1 aliphatic rings. The van der Waals surface area contributed by atoms with Crippen LogP contribution in [0.2, 0.25) is 0 Å². The number of aliphatic hydroxyl groups is 1. The molecule has 0 amide bonds. The molecular formula is C17H25B2N3O6PS2+. The van der Waals surface area contributed by atoms with Gasteiger partial charge in [0.05, 0.1) is 17.6 Å². The van der Waals surface area contributed by atoms with Gasteiger partial charge in [-0.3, -0.25) is 9.36 Å². The molecule has 14 heteroatoms. The third-order valence-corrected chi connectivity index (χ3v) is 6.51. The van der Waals surface area contributed by atoms with Gasteiger partial charge in [0.15, 0.2) is 4.77 Å². The third kappa shape index (κ3) is 6.31. The quantitative estimate of drug-likeness (QED) is 0.221. The molecule has 3 N–H and O–H groups in total. The smallest absolute Gasteiger partial charge is 0.462 e. The van der Waals surface area contributed by atoms with Crippen molar-refractivity contribution in [2.75, 3.05) is 0 Å². The molecule has 4 radical (unpaired) electrons. The van der Waals surface area contributed by atoms with Gasteiger partial charge in [-0.25, -0.2) is 0 Å². The molecule has 0 spiro atoms. The molecule has 1 aromatic heterocycles. The number of H-pyrrole nitrogens is 1. The summed E-state index contributed by atoms with van der Waals surface area (Å²) in [6.07, 6.45) is -1.74. The minimum Gasteiger partial charge on any atom is -0.462 e. The summed E-state index contributed by atoms with van der Waals surface area (Å²) in [5, 5.41) is 11.0. The first-order valence-electron chi connectivity index (χ1n) is 9.61. The van der Waals surface area contributed by atoms with Crippen molar-refractivity contribution in [3.05, 3.63) is 21.2 Å². The number of aliphatic hydroxyl groups excluding tert-OH is 1. The fourth-order valence-corrected chi connectivity index (χ4v) is 4.37. The molecule has 1 aromatic rings. The number of nitrogens with zero attached hydrogens (tertiary/aromatic N) is 1. The van der Waals surface area contributed by atoms with Gasteiger partial charge >= 0.3 is 14.1 Å². The lowest BCUT2D eigenvalue weighted by Gasteiger charge is -2.29. The number of aryl methyl sites for hydroxylation is 1. The number of nitrogens with one attached hydrogen (secondary N) is 2. The van der Waals surface area contributed by atoms with E-state index in [9.17, 15) is 14.5 Å². The van der Waals surface area contributed by atoms with Gasteiger partial charge in [0, 0.05) is 17.7 Å². The minimum absolute atomic E-state index is 0.297. The van der Waals surface area contributed by atoms with Gasteiger partial charge in [-0.05, 0) is 44.5 Å². The molecule has 1 aliphatic heterocycles. The molecule has 9 nitrogen and oxygen atoms in total. The third-order valence-electron chi connectivity index (χ3n) is 4.69. The van der Waals surface area contributed by atoms with Gasteiger partial charge in [-0.2, -0.15) is 0 Å². The van der Waals surface area contributed by atoms with E-state index < -0.39 is 49.9 Å². The van der Waals surface area contributed by atoms with Crippen LogP contribution >= 0.6 is 32.6 Å². The summed E-state index contributed by atoms with van der Waals surface area (Å²) in [6, 6.07) is -0.934. The highest BCUT2D eigenvalue weighted by Gasteiger charge is 2.52. The van der Waals surface area contributed by atoms with Crippen molar-refractivity contribution in [2.45, 2.75) is 70.6 Å². The van der Waals surface area contributed by atoms with Crippen molar-refractivity contribution >= 4 is 54.3 Å². The number of carbonyl (C=O) groups is 1. The van der Waals surface area contributed by atoms with E-state index >= 15 is 0 Å². The fraction of sp³-hybridized carbons (Fsp3) is 0.706. The fourth-order valence-electron chi connectivity index (χ4n) is 3.03. The van der Waals surface area contributed by atoms with Crippen LogP contribution in [-0.4, -0.2) is 66.1 Å². The van der Waals surface area contributed by atoms with E-state index in [1.54, 1.807) is 38.5 Å².